The van der Waals surface area contributed by atoms with E-state index in [0.29, 0.717) is 5.82 Å². The number of pyridine rings is 1. The molecule has 2 N–H and O–H groups in total. The van der Waals surface area contributed by atoms with Crippen molar-refractivity contribution < 1.29 is 4.79 Å². The molecule has 0 saturated carbocycles. The van der Waals surface area contributed by atoms with Gasteiger partial charge >= 0.3 is 0 Å². The van der Waals surface area contributed by atoms with E-state index >= 15 is 0 Å². The Morgan fingerprint density at radius 2 is 1.94 bits per heavy atom. The fourth-order valence-electron chi connectivity index (χ4n) is 3.98. The van der Waals surface area contributed by atoms with Crippen LogP contribution in [-0.2, 0) is 4.79 Å². The number of hydrogen-bond donors (Lipinski definition) is 1. The maximum Gasteiger partial charge on any atom is 0.247 e. The van der Waals surface area contributed by atoms with Gasteiger partial charge in [-0.1, -0.05) is 12.1 Å². The minimum absolute atomic E-state index is 0.125. The van der Waals surface area contributed by atoms with Crippen molar-refractivity contribution in [1.82, 2.24) is 24.6 Å². The number of nitrogens with zero attached hydrogens (tertiary/aromatic N) is 5. The number of carbonyl (C=O) groups excluding carboxylic acids is 1. The first-order valence-electron chi connectivity index (χ1n) is 10.5. The summed E-state index contributed by atoms with van der Waals surface area (Å²) in [6.45, 7) is 3.58. The first-order chi connectivity index (χ1) is 15.1. The Bertz CT molecular complexity index is 1210. The topological polar surface area (TPSA) is 89.9 Å². The van der Waals surface area contributed by atoms with Gasteiger partial charge in [-0.25, -0.2) is 9.97 Å². The average molecular weight is 433 g/mol. The number of likely N-dealkylation sites (tertiary alicyclic amines) is 1. The number of amides is 1. The lowest BCUT2D eigenvalue weighted by Crippen LogP contribution is -2.39. The van der Waals surface area contributed by atoms with Crippen LogP contribution in [0.4, 0.5) is 5.82 Å². The highest BCUT2D eigenvalue weighted by Crippen LogP contribution is 2.35. The second-order valence-corrected chi connectivity index (χ2v) is 8.95. The van der Waals surface area contributed by atoms with E-state index in [1.165, 1.54) is 6.42 Å². The number of aromatic nitrogens is 4. The number of nitrogen functional groups attached to an aromatic ring is 1. The molecule has 0 radical (unpaired) electrons. The maximum atomic E-state index is 12.8. The summed E-state index contributed by atoms with van der Waals surface area (Å²) in [5.41, 5.74) is 9.73. The van der Waals surface area contributed by atoms with Gasteiger partial charge in [-0.05, 0) is 44.4 Å². The molecule has 4 aromatic rings. The lowest BCUT2D eigenvalue weighted by Gasteiger charge is -2.29. The van der Waals surface area contributed by atoms with Crippen molar-refractivity contribution in [2.75, 3.05) is 18.8 Å². The fourth-order valence-corrected chi connectivity index (χ4v) is 4.97. The van der Waals surface area contributed by atoms with Crippen molar-refractivity contribution in [3.63, 3.8) is 0 Å². The van der Waals surface area contributed by atoms with Gasteiger partial charge in [0.05, 0.1) is 22.0 Å². The van der Waals surface area contributed by atoms with E-state index in [-0.39, 0.29) is 11.9 Å². The third-order valence-corrected chi connectivity index (χ3v) is 6.87. The molecule has 1 unspecified atom stereocenters. The summed E-state index contributed by atoms with van der Waals surface area (Å²) in [7, 11) is 0. The summed E-state index contributed by atoms with van der Waals surface area (Å²) in [5, 5.41) is 5.31. The first-order valence-corrected chi connectivity index (χ1v) is 11.4. The lowest BCUT2D eigenvalue weighted by atomic mass is 10.1. The van der Waals surface area contributed by atoms with Crippen molar-refractivity contribution in [3.05, 3.63) is 48.9 Å². The van der Waals surface area contributed by atoms with Crippen LogP contribution < -0.4 is 5.73 Å². The Balaban J connectivity index is 1.43. The SMILES string of the molecule is CC(C(=O)N1CCCCC1)n1cc(-c2cnc(N)c(-c3nc4ccccc4s3)c2)cn1. The standard InChI is InChI=1S/C23H24N6OS/c1-15(23(30)28-9-5-2-6-10-28)29-14-17(13-26-29)16-11-18(21(24)25-12-16)22-27-19-7-3-4-8-20(19)31-22/h3-4,7-8,11-15H,2,5-6,9-10H2,1H3,(H2,24,25). The molecule has 0 aliphatic carbocycles. The van der Waals surface area contributed by atoms with Gasteiger partial charge in [0.15, 0.2) is 0 Å². The number of piperidine rings is 1. The monoisotopic (exact) mass is 432 g/mol. The largest absolute Gasteiger partial charge is 0.383 e. The predicted octanol–water partition coefficient (Wildman–Crippen LogP) is 4.38. The number of nitrogens with two attached hydrogens (primary N) is 1. The number of para-hydroxylation sites is 1. The third kappa shape index (κ3) is 3.79. The van der Waals surface area contributed by atoms with Crippen LogP contribution in [0.5, 0.6) is 0 Å². The zero-order valence-electron chi connectivity index (χ0n) is 17.4. The van der Waals surface area contributed by atoms with Crippen LogP contribution >= 0.6 is 11.3 Å². The number of rotatable bonds is 4. The van der Waals surface area contributed by atoms with E-state index in [4.69, 9.17) is 10.7 Å². The molecule has 3 aromatic heterocycles. The molecule has 1 amide bonds. The molecule has 5 rings (SSSR count). The zero-order chi connectivity index (χ0) is 21.4. The van der Waals surface area contributed by atoms with Crippen LogP contribution in [0.15, 0.2) is 48.9 Å². The normalized spacial score (nSPS) is 15.3. The van der Waals surface area contributed by atoms with Crippen molar-refractivity contribution in [3.8, 4) is 21.7 Å². The number of carbonyl (C=O) groups is 1. The van der Waals surface area contributed by atoms with Gasteiger partial charge in [0.25, 0.3) is 0 Å². The summed E-state index contributed by atoms with van der Waals surface area (Å²) in [6.07, 6.45) is 8.77. The van der Waals surface area contributed by atoms with Gasteiger partial charge in [-0.2, -0.15) is 5.10 Å². The van der Waals surface area contributed by atoms with Crippen LogP contribution in [0.3, 0.4) is 0 Å². The Morgan fingerprint density at radius 3 is 2.74 bits per heavy atom. The third-order valence-electron chi connectivity index (χ3n) is 5.80. The molecular formula is C23H24N6OS. The highest BCUT2D eigenvalue weighted by Gasteiger charge is 2.24. The van der Waals surface area contributed by atoms with Crippen LogP contribution in [0.2, 0.25) is 0 Å². The summed E-state index contributed by atoms with van der Waals surface area (Å²) >= 11 is 1.60. The number of fused-ring (bicyclic) bond motifs is 1. The molecule has 7 nitrogen and oxygen atoms in total. The van der Waals surface area contributed by atoms with Gasteiger partial charge in [0, 0.05) is 36.6 Å². The molecule has 31 heavy (non-hydrogen) atoms. The Labute approximate surface area is 184 Å². The van der Waals surface area contributed by atoms with Crippen molar-refractivity contribution in [2.24, 2.45) is 0 Å². The molecule has 1 aromatic carbocycles. The smallest absolute Gasteiger partial charge is 0.247 e. The van der Waals surface area contributed by atoms with E-state index in [1.807, 2.05) is 42.3 Å². The Hall–Kier alpha value is -3.26. The van der Waals surface area contributed by atoms with Gasteiger partial charge in [-0.3, -0.25) is 9.48 Å². The average Bonchev–Trinajstić information content (AvgIpc) is 3.46. The molecule has 1 saturated heterocycles. The van der Waals surface area contributed by atoms with Crippen molar-refractivity contribution in [1.29, 1.82) is 0 Å². The Morgan fingerprint density at radius 1 is 1.13 bits per heavy atom. The summed E-state index contributed by atoms with van der Waals surface area (Å²) in [6, 6.07) is 9.69. The molecule has 4 heterocycles. The van der Waals surface area contributed by atoms with E-state index < -0.39 is 0 Å². The fraction of sp³-hybridized carbons (Fsp3) is 0.304. The van der Waals surface area contributed by atoms with Gasteiger partial charge in [-0.15, -0.1) is 11.3 Å². The number of benzene rings is 1. The molecule has 8 heteroatoms. The summed E-state index contributed by atoms with van der Waals surface area (Å²) in [5.74, 6) is 0.573. The predicted molar refractivity (Wildman–Crippen MR) is 124 cm³/mol. The molecule has 158 valence electrons. The second-order valence-electron chi connectivity index (χ2n) is 7.91. The highest BCUT2D eigenvalue weighted by atomic mass is 32.1. The minimum Gasteiger partial charge on any atom is -0.383 e. The van der Waals surface area contributed by atoms with Gasteiger partial charge < -0.3 is 10.6 Å². The number of anilines is 1. The zero-order valence-corrected chi connectivity index (χ0v) is 18.2. The second kappa shape index (κ2) is 8.11. The summed E-state index contributed by atoms with van der Waals surface area (Å²) in [4.78, 5) is 23.9. The van der Waals surface area contributed by atoms with Crippen LogP contribution in [-0.4, -0.2) is 43.6 Å². The first kappa shape index (κ1) is 19.7. The molecule has 1 aliphatic rings. The lowest BCUT2D eigenvalue weighted by molar-refractivity contribution is -0.135. The van der Waals surface area contributed by atoms with Crippen LogP contribution in [0.1, 0.15) is 32.2 Å². The molecule has 1 aliphatic heterocycles. The van der Waals surface area contributed by atoms with Gasteiger partial charge in [0.2, 0.25) is 5.91 Å². The van der Waals surface area contributed by atoms with E-state index in [9.17, 15) is 4.79 Å². The molecule has 1 fully saturated rings. The molecular weight excluding hydrogens is 408 g/mol. The van der Waals surface area contributed by atoms with E-state index in [0.717, 1.165) is 57.8 Å². The highest BCUT2D eigenvalue weighted by molar-refractivity contribution is 7.21. The Kier molecular flexibility index (Phi) is 5.15. The van der Waals surface area contributed by atoms with Crippen molar-refractivity contribution >= 4 is 33.3 Å². The van der Waals surface area contributed by atoms with Crippen LogP contribution in [0.25, 0.3) is 31.9 Å². The molecule has 1 atom stereocenters. The molecule has 0 bridgehead atoms. The maximum absolute atomic E-state index is 12.8. The van der Waals surface area contributed by atoms with E-state index in [1.54, 1.807) is 28.4 Å². The van der Waals surface area contributed by atoms with Crippen LogP contribution in [0, 0.1) is 0 Å². The minimum atomic E-state index is -0.336. The van der Waals surface area contributed by atoms with Gasteiger partial charge in [0.1, 0.15) is 16.9 Å². The number of thiazole rings is 1. The summed E-state index contributed by atoms with van der Waals surface area (Å²) < 4.78 is 2.85. The quantitative estimate of drug-likeness (QED) is 0.517. The number of hydrogen-bond acceptors (Lipinski definition) is 6. The van der Waals surface area contributed by atoms with Crippen molar-refractivity contribution in [2.45, 2.75) is 32.2 Å². The van der Waals surface area contributed by atoms with E-state index in [2.05, 4.69) is 16.1 Å². The molecule has 0 spiro atoms.